The van der Waals surface area contributed by atoms with Crippen LogP contribution in [0.15, 0.2) is 66.0 Å². The number of benzene rings is 2. The zero-order valence-electron chi connectivity index (χ0n) is 14.5. The Balaban J connectivity index is 1.70. The highest BCUT2D eigenvalue weighted by Crippen LogP contribution is 2.21. The van der Waals surface area contributed by atoms with Crippen LogP contribution in [0.5, 0.6) is 0 Å². The summed E-state index contributed by atoms with van der Waals surface area (Å²) in [6.45, 7) is 2.70. The molecule has 25 heavy (non-hydrogen) atoms. The summed E-state index contributed by atoms with van der Waals surface area (Å²) in [5.41, 5.74) is 4.44. The zero-order chi connectivity index (χ0) is 17.6. The van der Waals surface area contributed by atoms with Gasteiger partial charge in [-0.15, -0.1) is 11.3 Å². The minimum Gasteiger partial charge on any atom is -0.322 e. The molecule has 0 saturated heterocycles. The summed E-state index contributed by atoms with van der Waals surface area (Å²) in [5.74, 6) is 0. The highest BCUT2D eigenvalue weighted by atomic mass is 32.1. The van der Waals surface area contributed by atoms with E-state index in [2.05, 4.69) is 41.9 Å². The van der Waals surface area contributed by atoms with Crippen LogP contribution in [-0.2, 0) is 13.0 Å². The molecular weight excluding hydrogens is 328 g/mol. The van der Waals surface area contributed by atoms with Crippen LogP contribution in [-0.4, -0.2) is 18.0 Å². The topological polar surface area (TPSA) is 32.3 Å². The van der Waals surface area contributed by atoms with E-state index in [1.165, 1.54) is 16.0 Å². The lowest BCUT2D eigenvalue weighted by molar-refractivity contribution is 0.221. The number of carbonyl (C=O) groups is 1. The van der Waals surface area contributed by atoms with E-state index < -0.39 is 0 Å². The lowest BCUT2D eigenvalue weighted by atomic mass is 10.0. The predicted molar refractivity (Wildman–Crippen MR) is 105 cm³/mol. The van der Waals surface area contributed by atoms with E-state index in [0.29, 0.717) is 6.54 Å². The van der Waals surface area contributed by atoms with Gasteiger partial charge in [0.2, 0.25) is 0 Å². The summed E-state index contributed by atoms with van der Waals surface area (Å²) < 4.78 is 0. The fraction of sp³-hybridized carbons (Fsp3) is 0.190. The number of hydrogen-bond donors (Lipinski definition) is 1. The van der Waals surface area contributed by atoms with Gasteiger partial charge in [-0.2, -0.15) is 0 Å². The van der Waals surface area contributed by atoms with Gasteiger partial charge in [0.1, 0.15) is 0 Å². The molecule has 0 radical (unpaired) electrons. The molecule has 3 aromatic rings. The molecule has 4 heteroatoms. The maximum atomic E-state index is 12.6. The molecular formula is C21H22N2OS. The summed E-state index contributed by atoms with van der Waals surface area (Å²) in [6.07, 6.45) is 0.797. The second kappa shape index (κ2) is 7.99. The molecule has 128 valence electrons. The van der Waals surface area contributed by atoms with Crippen molar-refractivity contribution < 1.29 is 4.79 Å². The largest absolute Gasteiger partial charge is 0.322 e. The molecule has 0 bridgehead atoms. The van der Waals surface area contributed by atoms with Crippen LogP contribution in [0.25, 0.3) is 0 Å². The molecule has 0 unspecified atom stereocenters. The summed E-state index contributed by atoms with van der Waals surface area (Å²) in [5, 5.41) is 5.12. The molecule has 0 aliphatic rings. The number of nitrogens with zero attached hydrogens (tertiary/aromatic N) is 1. The first-order chi connectivity index (χ1) is 12.1. The molecule has 0 aliphatic carbocycles. The first-order valence-corrected chi connectivity index (χ1v) is 9.18. The molecule has 0 aliphatic heterocycles. The average Bonchev–Trinajstić information content (AvgIpc) is 3.02. The summed E-state index contributed by atoms with van der Waals surface area (Å²) >= 11 is 1.68. The van der Waals surface area contributed by atoms with Gasteiger partial charge < -0.3 is 10.2 Å². The Kier molecular flexibility index (Phi) is 5.51. The van der Waals surface area contributed by atoms with E-state index in [1.54, 1.807) is 16.2 Å². The van der Waals surface area contributed by atoms with Crippen molar-refractivity contribution in [1.82, 2.24) is 4.90 Å². The number of anilines is 1. The number of thiophene rings is 1. The van der Waals surface area contributed by atoms with Crippen molar-refractivity contribution in [2.45, 2.75) is 19.9 Å². The quantitative estimate of drug-likeness (QED) is 0.664. The molecule has 2 aromatic carbocycles. The van der Waals surface area contributed by atoms with Crippen molar-refractivity contribution in [3.05, 3.63) is 87.6 Å². The minimum atomic E-state index is -0.0895. The van der Waals surface area contributed by atoms with E-state index >= 15 is 0 Å². The Labute approximate surface area is 152 Å². The van der Waals surface area contributed by atoms with Crippen molar-refractivity contribution in [3.63, 3.8) is 0 Å². The second-order valence-electron chi connectivity index (χ2n) is 6.13. The molecule has 2 amide bonds. The number of para-hydroxylation sites is 1. The minimum absolute atomic E-state index is 0.0895. The van der Waals surface area contributed by atoms with E-state index in [1.807, 2.05) is 43.4 Å². The van der Waals surface area contributed by atoms with E-state index in [9.17, 15) is 4.79 Å². The highest BCUT2D eigenvalue weighted by Gasteiger charge is 2.13. The monoisotopic (exact) mass is 350 g/mol. The van der Waals surface area contributed by atoms with Crippen LogP contribution in [0.2, 0.25) is 0 Å². The molecule has 1 N–H and O–H groups in total. The number of hydrogen-bond acceptors (Lipinski definition) is 2. The third kappa shape index (κ3) is 4.48. The van der Waals surface area contributed by atoms with Gasteiger partial charge in [-0.05, 0) is 47.5 Å². The maximum absolute atomic E-state index is 12.6. The standard InChI is InChI=1S/C21H22N2OS/c1-16-12-13-25-20(16)15-23(2)21(24)22-19-11-7-6-10-18(19)14-17-8-4-3-5-9-17/h3-13H,14-15H2,1-2H3,(H,22,24). The number of amides is 2. The van der Waals surface area contributed by atoms with Crippen molar-refractivity contribution in [2.75, 3.05) is 12.4 Å². The first-order valence-electron chi connectivity index (χ1n) is 8.30. The normalized spacial score (nSPS) is 10.5. The number of rotatable bonds is 5. The summed E-state index contributed by atoms with van der Waals surface area (Å²) in [4.78, 5) is 15.5. The van der Waals surface area contributed by atoms with E-state index in [0.717, 1.165) is 17.7 Å². The van der Waals surface area contributed by atoms with Gasteiger partial charge in [0, 0.05) is 17.6 Å². The number of urea groups is 1. The molecule has 0 saturated carbocycles. The summed E-state index contributed by atoms with van der Waals surface area (Å²) in [7, 11) is 1.83. The van der Waals surface area contributed by atoms with Crippen molar-refractivity contribution in [1.29, 1.82) is 0 Å². The molecule has 3 rings (SSSR count). The van der Waals surface area contributed by atoms with Crippen LogP contribution in [0.4, 0.5) is 10.5 Å². The molecule has 1 aromatic heterocycles. The van der Waals surface area contributed by atoms with Gasteiger partial charge in [0.05, 0.1) is 6.54 Å². The number of aryl methyl sites for hydroxylation is 1. The molecule has 0 fully saturated rings. The molecule has 1 heterocycles. The van der Waals surface area contributed by atoms with Gasteiger partial charge in [0.25, 0.3) is 0 Å². The maximum Gasteiger partial charge on any atom is 0.321 e. The number of nitrogens with one attached hydrogen (secondary N) is 1. The van der Waals surface area contributed by atoms with Crippen molar-refractivity contribution in [2.24, 2.45) is 0 Å². The molecule has 0 atom stereocenters. The number of carbonyl (C=O) groups excluding carboxylic acids is 1. The van der Waals surface area contributed by atoms with Gasteiger partial charge in [0.15, 0.2) is 0 Å². The van der Waals surface area contributed by atoms with Crippen LogP contribution < -0.4 is 5.32 Å². The SMILES string of the molecule is Cc1ccsc1CN(C)C(=O)Nc1ccccc1Cc1ccccc1. The van der Waals surface area contributed by atoms with Crippen LogP contribution >= 0.6 is 11.3 Å². The van der Waals surface area contributed by atoms with E-state index in [4.69, 9.17) is 0 Å². The average molecular weight is 350 g/mol. The van der Waals surface area contributed by atoms with Gasteiger partial charge >= 0.3 is 6.03 Å². The summed E-state index contributed by atoms with van der Waals surface area (Å²) in [6, 6.07) is 20.3. The second-order valence-corrected chi connectivity index (χ2v) is 7.13. The predicted octanol–water partition coefficient (Wildman–Crippen LogP) is 5.31. The molecule has 3 nitrogen and oxygen atoms in total. The molecule has 0 spiro atoms. The van der Waals surface area contributed by atoms with Gasteiger partial charge in [-0.1, -0.05) is 48.5 Å². The third-order valence-electron chi connectivity index (χ3n) is 4.19. The Hall–Kier alpha value is -2.59. The van der Waals surface area contributed by atoms with Crippen molar-refractivity contribution in [3.8, 4) is 0 Å². The zero-order valence-corrected chi connectivity index (χ0v) is 15.3. The Morgan fingerprint density at radius 2 is 1.76 bits per heavy atom. The Morgan fingerprint density at radius 1 is 1.04 bits per heavy atom. The van der Waals surface area contributed by atoms with E-state index in [-0.39, 0.29) is 6.03 Å². The Bertz CT molecular complexity index is 842. The fourth-order valence-electron chi connectivity index (χ4n) is 2.68. The lowest BCUT2D eigenvalue weighted by Gasteiger charge is -2.19. The van der Waals surface area contributed by atoms with Crippen molar-refractivity contribution >= 4 is 23.1 Å². The van der Waals surface area contributed by atoms with Crippen LogP contribution in [0.1, 0.15) is 21.6 Å². The lowest BCUT2D eigenvalue weighted by Crippen LogP contribution is -2.31. The smallest absolute Gasteiger partial charge is 0.321 e. The third-order valence-corrected chi connectivity index (χ3v) is 5.20. The van der Waals surface area contributed by atoms with Gasteiger partial charge in [-0.3, -0.25) is 0 Å². The Morgan fingerprint density at radius 3 is 2.48 bits per heavy atom. The first kappa shape index (κ1) is 17.2. The van der Waals surface area contributed by atoms with Crippen LogP contribution in [0, 0.1) is 6.92 Å². The van der Waals surface area contributed by atoms with Crippen LogP contribution in [0.3, 0.4) is 0 Å². The fourth-order valence-corrected chi connectivity index (χ4v) is 3.63. The van der Waals surface area contributed by atoms with Gasteiger partial charge in [-0.25, -0.2) is 4.79 Å². The highest BCUT2D eigenvalue weighted by molar-refractivity contribution is 7.10.